The third kappa shape index (κ3) is 3.76. The smallest absolute Gasteiger partial charge is 0.124 e. The summed E-state index contributed by atoms with van der Waals surface area (Å²) in [7, 11) is 0. The third-order valence-electron chi connectivity index (χ3n) is 2.12. The number of aryl methyl sites for hydroxylation is 1. The maximum atomic E-state index is 12.7. The predicted molar refractivity (Wildman–Crippen MR) is 60.7 cm³/mol. The van der Waals surface area contributed by atoms with E-state index in [1.54, 1.807) is 0 Å². The van der Waals surface area contributed by atoms with Gasteiger partial charge in [-0.15, -0.1) is 0 Å². The maximum Gasteiger partial charge on any atom is 0.124 e. The molecule has 0 bridgehead atoms. The topological polar surface area (TPSA) is 26.0 Å². The lowest BCUT2D eigenvalue weighted by atomic mass is 10.1. The average Bonchev–Trinajstić information content (AvgIpc) is 2.08. The van der Waals surface area contributed by atoms with E-state index in [0.717, 1.165) is 29.3 Å². The maximum absolute atomic E-state index is 12.7. The highest BCUT2D eigenvalue weighted by molar-refractivity contribution is 9.10. The van der Waals surface area contributed by atoms with Crippen LogP contribution in [-0.2, 0) is 6.42 Å². The van der Waals surface area contributed by atoms with Crippen LogP contribution in [0.1, 0.15) is 25.3 Å². The van der Waals surface area contributed by atoms with Crippen LogP contribution in [0, 0.1) is 5.82 Å². The fourth-order valence-electron chi connectivity index (χ4n) is 1.34. The minimum atomic E-state index is -0.201. The lowest BCUT2D eigenvalue weighted by molar-refractivity contribution is 0.615. The van der Waals surface area contributed by atoms with Crippen molar-refractivity contribution < 1.29 is 4.39 Å². The Kier molecular flexibility index (Phi) is 4.55. The fourth-order valence-corrected chi connectivity index (χ4v) is 1.89. The van der Waals surface area contributed by atoms with Gasteiger partial charge < -0.3 is 5.73 Å². The van der Waals surface area contributed by atoms with Crippen LogP contribution in [0.3, 0.4) is 0 Å². The van der Waals surface area contributed by atoms with Crippen molar-refractivity contribution in [1.82, 2.24) is 0 Å². The van der Waals surface area contributed by atoms with Crippen LogP contribution in [0.4, 0.5) is 4.39 Å². The van der Waals surface area contributed by atoms with Gasteiger partial charge in [-0.1, -0.05) is 22.0 Å². The van der Waals surface area contributed by atoms with Crippen LogP contribution in [-0.4, -0.2) is 6.04 Å². The summed E-state index contributed by atoms with van der Waals surface area (Å²) < 4.78 is 13.6. The first-order valence-corrected chi connectivity index (χ1v) is 5.58. The molecule has 1 atom stereocenters. The zero-order valence-corrected chi connectivity index (χ0v) is 9.85. The SMILES string of the molecule is CC(N)CCCc1ccc(F)cc1Br. The molecule has 78 valence electrons. The first-order valence-electron chi connectivity index (χ1n) is 4.79. The van der Waals surface area contributed by atoms with E-state index in [0.29, 0.717) is 0 Å². The first-order chi connectivity index (χ1) is 6.59. The van der Waals surface area contributed by atoms with Crippen LogP contribution in [0.2, 0.25) is 0 Å². The molecule has 0 aliphatic heterocycles. The van der Waals surface area contributed by atoms with Crippen molar-refractivity contribution in [2.45, 2.75) is 32.2 Å². The zero-order chi connectivity index (χ0) is 10.6. The quantitative estimate of drug-likeness (QED) is 0.883. The number of halogens is 2. The van der Waals surface area contributed by atoms with E-state index < -0.39 is 0 Å². The van der Waals surface area contributed by atoms with E-state index in [4.69, 9.17) is 5.73 Å². The van der Waals surface area contributed by atoms with E-state index in [9.17, 15) is 4.39 Å². The van der Waals surface area contributed by atoms with Gasteiger partial charge in [0.25, 0.3) is 0 Å². The molecule has 1 rings (SSSR count). The standard InChI is InChI=1S/C11H15BrFN/c1-8(14)3-2-4-9-5-6-10(13)7-11(9)12/h5-8H,2-4,14H2,1H3. The van der Waals surface area contributed by atoms with Crippen LogP contribution in [0.5, 0.6) is 0 Å². The number of benzene rings is 1. The van der Waals surface area contributed by atoms with Crippen molar-refractivity contribution in [1.29, 1.82) is 0 Å². The van der Waals surface area contributed by atoms with Gasteiger partial charge in [-0.05, 0) is 43.9 Å². The fraction of sp³-hybridized carbons (Fsp3) is 0.455. The molecule has 0 aliphatic carbocycles. The highest BCUT2D eigenvalue weighted by Crippen LogP contribution is 2.19. The monoisotopic (exact) mass is 259 g/mol. The zero-order valence-electron chi connectivity index (χ0n) is 8.26. The van der Waals surface area contributed by atoms with Gasteiger partial charge in [0.15, 0.2) is 0 Å². The Morgan fingerprint density at radius 2 is 2.21 bits per heavy atom. The van der Waals surface area contributed by atoms with Gasteiger partial charge in [0, 0.05) is 10.5 Å². The van der Waals surface area contributed by atoms with Crippen LogP contribution < -0.4 is 5.73 Å². The van der Waals surface area contributed by atoms with E-state index in [2.05, 4.69) is 15.9 Å². The molecule has 0 radical (unpaired) electrons. The normalized spacial score (nSPS) is 12.9. The Morgan fingerprint density at radius 3 is 2.79 bits per heavy atom. The van der Waals surface area contributed by atoms with Gasteiger partial charge in [-0.3, -0.25) is 0 Å². The Bertz CT molecular complexity index is 299. The van der Waals surface area contributed by atoms with E-state index in [-0.39, 0.29) is 11.9 Å². The van der Waals surface area contributed by atoms with E-state index in [1.807, 2.05) is 13.0 Å². The summed E-state index contributed by atoms with van der Waals surface area (Å²) in [5.74, 6) is -0.201. The molecule has 0 aliphatic rings. The molecule has 0 heterocycles. The lowest BCUT2D eigenvalue weighted by Gasteiger charge is -2.06. The van der Waals surface area contributed by atoms with Crippen LogP contribution in [0.25, 0.3) is 0 Å². The van der Waals surface area contributed by atoms with Gasteiger partial charge in [0.2, 0.25) is 0 Å². The van der Waals surface area contributed by atoms with E-state index >= 15 is 0 Å². The highest BCUT2D eigenvalue weighted by atomic mass is 79.9. The van der Waals surface area contributed by atoms with E-state index in [1.165, 1.54) is 12.1 Å². The second-order valence-electron chi connectivity index (χ2n) is 3.61. The Morgan fingerprint density at radius 1 is 1.50 bits per heavy atom. The Hall–Kier alpha value is -0.410. The summed E-state index contributed by atoms with van der Waals surface area (Å²) >= 11 is 3.34. The van der Waals surface area contributed by atoms with Crippen molar-refractivity contribution in [2.75, 3.05) is 0 Å². The summed E-state index contributed by atoms with van der Waals surface area (Å²) in [6, 6.07) is 5.06. The second-order valence-corrected chi connectivity index (χ2v) is 4.46. The molecule has 1 aromatic rings. The summed E-state index contributed by atoms with van der Waals surface area (Å²) in [5, 5.41) is 0. The minimum absolute atomic E-state index is 0.201. The molecule has 1 unspecified atom stereocenters. The van der Waals surface area contributed by atoms with Crippen molar-refractivity contribution in [3.05, 3.63) is 34.1 Å². The Balaban J connectivity index is 2.51. The Labute approximate surface area is 92.6 Å². The molecule has 14 heavy (non-hydrogen) atoms. The van der Waals surface area contributed by atoms with Crippen molar-refractivity contribution in [3.63, 3.8) is 0 Å². The summed E-state index contributed by atoms with van der Waals surface area (Å²) in [6.45, 7) is 2.00. The molecule has 2 N–H and O–H groups in total. The number of hydrogen-bond acceptors (Lipinski definition) is 1. The summed E-state index contributed by atoms with van der Waals surface area (Å²) in [6.07, 6.45) is 2.99. The molecule has 0 saturated carbocycles. The van der Waals surface area contributed by atoms with Gasteiger partial charge in [-0.2, -0.15) is 0 Å². The molecule has 0 fully saturated rings. The van der Waals surface area contributed by atoms with Crippen LogP contribution in [0.15, 0.2) is 22.7 Å². The van der Waals surface area contributed by atoms with Crippen LogP contribution >= 0.6 is 15.9 Å². The molecule has 0 saturated heterocycles. The third-order valence-corrected chi connectivity index (χ3v) is 2.86. The lowest BCUT2D eigenvalue weighted by Crippen LogP contribution is -2.14. The van der Waals surface area contributed by atoms with Gasteiger partial charge >= 0.3 is 0 Å². The molecule has 1 nitrogen and oxygen atoms in total. The van der Waals surface area contributed by atoms with Gasteiger partial charge in [-0.25, -0.2) is 4.39 Å². The molecule has 3 heteroatoms. The summed E-state index contributed by atoms with van der Waals surface area (Å²) in [5.41, 5.74) is 6.79. The molecule has 0 spiro atoms. The number of hydrogen-bond donors (Lipinski definition) is 1. The highest BCUT2D eigenvalue weighted by Gasteiger charge is 2.02. The number of nitrogens with two attached hydrogens (primary N) is 1. The van der Waals surface area contributed by atoms with Gasteiger partial charge in [0.1, 0.15) is 5.82 Å². The van der Waals surface area contributed by atoms with Crippen molar-refractivity contribution in [2.24, 2.45) is 5.73 Å². The molecule has 1 aromatic carbocycles. The average molecular weight is 260 g/mol. The van der Waals surface area contributed by atoms with Crippen molar-refractivity contribution in [3.8, 4) is 0 Å². The minimum Gasteiger partial charge on any atom is -0.328 e. The number of rotatable bonds is 4. The molecular weight excluding hydrogens is 245 g/mol. The second kappa shape index (κ2) is 5.47. The largest absolute Gasteiger partial charge is 0.328 e. The molecule has 0 amide bonds. The molecular formula is C11H15BrFN. The summed E-state index contributed by atoms with van der Waals surface area (Å²) in [4.78, 5) is 0. The van der Waals surface area contributed by atoms with Gasteiger partial charge in [0.05, 0.1) is 0 Å². The molecule has 0 aromatic heterocycles. The first kappa shape index (κ1) is 11.7. The van der Waals surface area contributed by atoms with Crippen molar-refractivity contribution >= 4 is 15.9 Å². The predicted octanol–water partition coefficient (Wildman–Crippen LogP) is 3.26.